The van der Waals surface area contributed by atoms with Gasteiger partial charge in [0.25, 0.3) is 0 Å². The van der Waals surface area contributed by atoms with Crippen LogP contribution in [0.2, 0.25) is 0 Å². The Kier molecular flexibility index (Phi) is 17.5. The van der Waals surface area contributed by atoms with Crippen LogP contribution in [0.4, 0.5) is 0 Å². The van der Waals surface area contributed by atoms with Crippen LogP contribution in [0.5, 0.6) is 0 Å². The first-order valence-corrected chi connectivity index (χ1v) is 10.2. The quantitative estimate of drug-likeness (QED) is 0.241. The first kappa shape index (κ1) is 23.8. The van der Waals surface area contributed by atoms with Crippen molar-refractivity contribution in [2.75, 3.05) is 26.4 Å². The van der Waals surface area contributed by atoms with Crippen molar-refractivity contribution in [1.82, 2.24) is 0 Å². The zero-order valence-corrected chi connectivity index (χ0v) is 16.9. The topological polar surface area (TPSA) is 36.9 Å². The van der Waals surface area contributed by atoms with E-state index in [1.165, 1.54) is 0 Å². The van der Waals surface area contributed by atoms with Gasteiger partial charge >= 0.3 is 0 Å². The second kappa shape index (κ2) is 17.7. The summed E-state index contributed by atoms with van der Waals surface area (Å²) < 4.78 is 24.0. The largest absolute Gasteiger partial charge is 0.352 e. The number of hydrogen-bond donors (Lipinski definition) is 0. The summed E-state index contributed by atoms with van der Waals surface area (Å²) in [7, 11) is 0. The Bertz CT molecular complexity index is 204. The zero-order valence-electron chi connectivity index (χ0n) is 16.9. The SMILES string of the molecule is CCCCOC(OCCCC)C(C)C(OCCCC)OCCCC. The molecule has 0 aliphatic heterocycles. The Morgan fingerprint density at radius 2 is 0.750 bits per heavy atom. The normalized spacial score (nSPS) is 12.0. The van der Waals surface area contributed by atoms with Crippen LogP contribution in [0, 0.1) is 5.92 Å². The van der Waals surface area contributed by atoms with Crippen molar-refractivity contribution in [3.8, 4) is 0 Å². The summed E-state index contributed by atoms with van der Waals surface area (Å²) >= 11 is 0. The summed E-state index contributed by atoms with van der Waals surface area (Å²) in [4.78, 5) is 0. The fraction of sp³-hybridized carbons (Fsp3) is 1.00. The average Bonchev–Trinajstić information content (AvgIpc) is 2.59. The molecule has 0 saturated heterocycles. The molecule has 0 spiro atoms. The summed E-state index contributed by atoms with van der Waals surface area (Å²) in [6.45, 7) is 13.7. The van der Waals surface area contributed by atoms with Gasteiger partial charge in [0.2, 0.25) is 0 Å². The van der Waals surface area contributed by atoms with Gasteiger partial charge in [0, 0.05) is 26.4 Å². The predicted molar refractivity (Wildman–Crippen MR) is 100 cm³/mol. The van der Waals surface area contributed by atoms with Crippen LogP contribution in [0.1, 0.15) is 86.0 Å². The third-order valence-electron chi connectivity index (χ3n) is 3.98. The average molecular weight is 347 g/mol. The van der Waals surface area contributed by atoms with E-state index in [1.807, 2.05) is 0 Å². The van der Waals surface area contributed by atoms with Gasteiger partial charge in [-0.25, -0.2) is 0 Å². The molecule has 0 aromatic heterocycles. The van der Waals surface area contributed by atoms with Crippen molar-refractivity contribution in [1.29, 1.82) is 0 Å². The van der Waals surface area contributed by atoms with Gasteiger partial charge in [-0.15, -0.1) is 0 Å². The maximum Gasteiger partial charge on any atom is 0.164 e. The molecule has 0 aliphatic rings. The molecule has 0 bridgehead atoms. The van der Waals surface area contributed by atoms with Gasteiger partial charge in [0.05, 0.1) is 5.92 Å². The molecular formula is C20H42O4. The van der Waals surface area contributed by atoms with Crippen molar-refractivity contribution >= 4 is 0 Å². The fourth-order valence-corrected chi connectivity index (χ4v) is 2.21. The smallest absolute Gasteiger partial charge is 0.164 e. The first-order chi connectivity index (χ1) is 11.7. The van der Waals surface area contributed by atoms with Crippen LogP contribution in [0.15, 0.2) is 0 Å². The molecule has 4 heteroatoms. The van der Waals surface area contributed by atoms with Gasteiger partial charge in [-0.05, 0) is 25.7 Å². The molecule has 0 atom stereocenters. The molecule has 0 unspecified atom stereocenters. The minimum Gasteiger partial charge on any atom is -0.352 e. The second-order valence-electron chi connectivity index (χ2n) is 6.49. The van der Waals surface area contributed by atoms with E-state index in [0.29, 0.717) is 0 Å². The van der Waals surface area contributed by atoms with E-state index >= 15 is 0 Å². The lowest BCUT2D eigenvalue weighted by atomic mass is 10.1. The molecule has 0 radical (unpaired) electrons. The Labute approximate surface area is 150 Å². The summed E-state index contributed by atoms with van der Waals surface area (Å²) in [5.74, 6) is 0.0624. The van der Waals surface area contributed by atoms with Crippen molar-refractivity contribution in [3.63, 3.8) is 0 Å². The summed E-state index contributed by atoms with van der Waals surface area (Å²) in [5.41, 5.74) is 0. The molecular weight excluding hydrogens is 304 g/mol. The standard InChI is InChI=1S/C20H42O4/c1-6-10-14-21-19(22-15-11-7-2)18(5)20(23-16-12-8-3)24-17-13-9-4/h18-20H,6-17H2,1-5H3. The minimum atomic E-state index is -0.253. The van der Waals surface area contributed by atoms with E-state index in [4.69, 9.17) is 18.9 Å². The van der Waals surface area contributed by atoms with Gasteiger partial charge < -0.3 is 18.9 Å². The lowest BCUT2D eigenvalue weighted by molar-refractivity contribution is -0.247. The third-order valence-corrected chi connectivity index (χ3v) is 3.98. The van der Waals surface area contributed by atoms with Crippen molar-refractivity contribution < 1.29 is 18.9 Å². The van der Waals surface area contributed by atoms with E-state index in [9.17, 15) is 0 Å². The zero-order chi connectivity index (χ0) is 18.0. The van der Waals surface area contributed by atoms with Crippen LogP contribution in [0.25, 0.3) is 0 Å². The van der Waals surface area contributed by atoms with E-state index in [1.54, 1.807) is 0 Å². The highest BCUT2D eigenvalue weighted by atomic mass is 16.7. The van der Waals surface area contributed by atoms with Crippen LogP contribution >= 0.6 is 0 Å². The summed E-state index contributed by atoms with van der Waals surface area (Å²) in [6, 6.07) is 0. The molecule has 0 fully saturated rings. The lowest BCUT2D eigenvalue weighted by Gasteiger charge is -2.31. The molecule has 0 heterocycles. The molecule has 0 saturated carbocycles. The van der Waals surface area contributed by atoms with Gasteiger partial charge in [-0.3, -0.25) is 0 Å². The van der Waals surface area contributed by atoms with Crippen LogP contribution in [-0.2, 0) is 18.9 Å². The fourth-order valence-electron chi connectivity index (χ4n) is 2.21. The number of unbranched alkanes of at least 4 members (excludes halogenated alkanes) is 4. The van der Waals surface area contributed by atoms with E-state index in [0.717, 1.165) is 77.8 Å². The number of ether oxygens (including phenoxy) is 4. The molecule has 4 nitrogen and oxygen atoms in total. The highest BCUT2D eigenvalue weighted by Gasteiger charge is 2.28. The molecule has 0 aromatic carbocycles. The monoisotopic (exact) mass is 346 g/mol. The Hall–Kier alpha value is -0.160. The Balaban J connectivity index is 4.61. The maximum absolute atomic E-state index is 6.00. The van der Waals surface area contributed by atoms with Crippen molar-refractivity contribution in [2.24, 2.45) is 5.92 Å². The van der Waals surface area contributed by atoms with Crippen molar-refractivity contribution in [2.45, 2.75) is 98.6 Å². The molecule has 0 rings (SSSR count). The molecule has 0 amide bonds. The van der Waals surface area contributed by atoms with Crippen LogP contribution in [0.3, 0.4) is 0 Å². The third kappa shape index (κ3) is 12.2. The highest BCUT2D eigenvalue weighted by molar-refractivity contribution is 4.64. The molecule has 0 aliphatic carbocycles. The second-order valence-corrected chi connectivity index (χ2v) is 6.49. The van der Waals surface area contributed by atoms with Crippen molar-refractivity contribution in [3.05, 3.63) is 0 Å². The van der Waals surface area contributed by atoms with E-state index in [2.05, 4.69) is 34.6 Å². The Morgan fingerprint density at radius 1 is 0.500 bits per heavy atom. The number of hydrogen-bond acceptors (Lipinski definition) is 4. The van der Waals surface area contributed by atoms with E-state index in [-0.39, 0.29) is 18.5 Å². The molecule has 0 N–H and O–H groups in total. The summed E-state index contributed by atoms with van der Waals surface area (Å²) in [6.07, 6.45) is 8.21. The Morgan fingerprint density at radius 3 is 0.958 bits per heavy atom. The van der Waals surface area contributed by atoms with Gasteiger partial charge in [-0.2, -0.15) is 0 Å². The predicted octanol–water partition coefficient (Wildman–Crippen LogP) is 5.54. The van der Waals surface area contributed by atoms with Crippen LogP contribution < -0.4 is 0 Å². The summed E-state index contributed by atoms with van der Waals surface area (Å²) in [5, 5.41) is 0. The van der Waals surface area contributed by atoms with E-state index < -0.39 is 0 Å². The molecule has 0 aromatic rings. The lowest BCUT2D eigenvalue weighted by Crippen LogP contribution is -2.38. The molecule has 24 heavy (non-hydrogen) atoms. The van der Waals surface area contributed by atoms with Gasteiger partial charge in [0.1, 0.15) is 0 Å². The first-order valence-electron chi connectivity index (χ1n) is 10.2. The molecule has 146 valence electrons. The highest BCUT2D eigenvalue weighted by Crippen LogP contribution is 2.20. The number of rotatable bonds is 18. The van der Waals surface area contributed by atoms with Gasteiger partial charge in [-0.1, -0.05) is 60.3 Å². The minimum absolute atomic E-state index is 0.0624. The van der Waals surface area contributed by atoms with Crippen LogP contribution in [-0.4, -0.2) is 39.0 Å². The van der Waals surface area contributed by atoms with Gasteiger partial charge in [0.15, 0.2) is 12.6 Å². The maximum atomic E-state index is 6.00.